The quantitative estimate of drug-likeness (QED) is 0.819. The van der Waals surface area contributed by atoms with Crippen molar-refractivity contribution in [2.75, 3.05) is 6.26 Å². The Bertz CT molecular complexity index is 537. The van der Waals surface area contributed by atoms with Crippen molar-refractivity contribution < 1.29 is 12.8 Å². The summed E-state index contributed by atoms with van der Waals surface area (Å²) >= 11 is 0. The first-order valence-corrected chi connectivity index (χ1v) is 9.65. The number of hydrogen-bond donors (Lipinski definition) is 0. The minimum Gasteiger partial charge on any atom is -0.229 e. The van der Waals surface area contributed by atoms with E-state index in [4.69, 9.17) is 0 Å². The summed E-state index contributed by atoms with van der Waals surface area (Å²) in [5.41, 5.74) is 1.20. The van der Waals surface area contributed by atoms with Crippen LogP contribution in [0, 0.1) is 11.7 Å². The molecule has 0 bridgehead atoms. The second kappa shape index (κ2) is 7.92. The molecule has 0 N–H and O–H groups in total. The first-order chi connectivity index (χ1) is 9.75. The van der Waals surface area contributed by atoms with Gasteiger partial charge in [0, 0.05) is 6.26 Å². The fourth-order valence-corrected chi connectivity index (χ4v) is 2.70. The highest BCUT2D eigenvalue weighted by atomic mass is 32.2. The monoisotopic (exact) mass is 314 g/mol. The van der Waals surface area contributed by atoms with Gasteiger partial charge in [-0.2, -0.15) is 0 Å². The Labute approximate surface area is 128 Å². The maximum atomic E-state index is 13.1. The molecule has 4 heteroatoms. The number of halogens is 1. The molecule has 1 aromatic rings. The maximum absolute atomic E-state index is 13.1. The van der Waals surface area contributed by atoms with E-state index in [0.29, 0.717) is 5.92 Å². The van der Waals surface area contributed by atoms with Gasteiger partial charge in [0.1, 0.15) is 15.7 Å². The summed E-state index contributed by atoms with van der Waals surface area (Å²) in [6, 6.07) is 7.13. The predicted molar refractivity (Wildman–Crippen MR) is 86.8 cm³/mol. The Morgan fingerprint density at radius 3 is 2.38 bits per heavy atom. The van der Waals surface area contributed by atoms with Gasteiger partial charge in [0.25, 0.3) is 0 Å². The molecule has 2 atom stereocenters. The molecule has 2 unspecified atom stereocenters. The predicted octanol–water partition coefficient (Wildman–Crippen LogP) is 4.56. The minimum absolute atomic E-state index is 0.0933. The van der Waals surface area contributed by atoms with Crippen molar-refractivity contribution in [3.63, 3.8) is 0 Å². The molecule has 1 aromatic carbocycles. The van der Waals surface area contributed by atoms with Crippen molar-refractivity contribution in [3.05, 3.63) is 35.6 Å². The third-order valence-corrected chi connectivity index (χ3v) is 6.03. The topological polar surface area (TPSA) is 34.1 Å². The first-order valence-electron chi connectivity index (χ1n) is 7.70. The zero-order valence-corrected chi connectivity index (χ0v) is 14.3. The van der Waals surface area contributed by atoms with Gasteiger partial charge in [0.05, 0.1) is 5.25 Å². The normalized spacial score (nSPS) is 22.0. The molecular weight excluding hydrogens is 287 g/mol. The largest absolute Gasteiger partial charge is 0.229 e. The number of sulfone groups is 1. The standard InChI is InChI=1S/C13H17F.C4H10O2S/c1-2-10-5-4-8-13(10)11-6-3-7-12(14)9-11;1-4(2)7(3,5)6/h3,6-7,9-10,13H,2,4-5,8H2,1H3;4H,1-3H3. The average molecular weight is 314 g/mol. The van der Waals surface area contributed by atoms with E-state index in [1.54, 1.807) is 19.9 Å². The molecule has 0 aliphatic heterocycles. The highest BCUT2D eigenvalue weighted by molar-refractivity contribution is 7.91. The molecule has 2 nitrogen and oxygen atoms in total. The summed E-state index contributed by atoms with van der Waals surface area (Å²) < 4.78 is 33.7. The zero-order chi connectivity index (χ0) is 16.0. The van der Waals surface area contributed by atoms with Gasteiger partial charge in [0.15, 0.2) is 0 Å². The lowest BCUT2D eigenvalue weighted by Gasteiger charge is -2.18. The number of hydrogen-bond acceptors (Lipinski definition) is 2. The zero-order valence-electron chi connectivity index (χ0n) is 13.5. The summed E-state index contributed by atoms with van der Waals surface area (Å²) in [6.45, 7) is 5.56. The van der Waals surface area contributed by atoms with E-state index in [1.807, 2.05) is 6.07 Å². The van der Waals surface area contributed by atoms with Crippen molar-refractivity contribution >= 4 is 9.84 Å². The van der Waals surface area contributed by atoms with E-state index in [2.05, 4.69) is 13.0 Å². The van der Waals surface area contributed by atoms with Crippen LogP contribution in [0.3, 0.4) is 0 Å². The highest BCUT2D eigenvalue weighted by Gasteiger charge is 2.26. The Hall–Kier alpha value is -0.900. The smallest absolute Gasteiger partial charge is 0.149 e. The van der Waals surface area contributed by atoms with Crippen LogP contribution in [0.25, 0.3) is 0 Å². The van der Waals surface area contributed by atoms with Gasteiger partial charge >= 0.3 is 0 Å². The van der Waals surface area contributed by atoms with Crippen LogP contribution in [-0.2, 0) is 9.84 Å². The fourth-order valence-electron chi connectivity index (χ4n) is 2.70. The molecule has 0 saturated heterocycles. The molecule has 1 saturated carbocycles. The van der Waals surface area contributed by atoms with Crippen LogP contribution in [0.2, 0.25) is 0 Å². The van der Waals surface area contributed by atoms with Crippen LogP contribution in [-0.4, -0.2) is 19.9 Å². The third-order valence-electron chi connectivity index (χ3n) is 4.32. The number of rotatable bonds is 3. The van der Waals surface area contributed by atoms with Gasteiger partial charge < -0.3 is 0 Å². The fraction of sp³-hybridized carbons (Fsp3) is 0.647. The summed E-state index contributed by atoms with van der Waals surface area (Å²) in [5.74, 6) is 1.29. The first kappa shape index (κ1) is 18.1. The SMILES string of the molecule is CC(C)S(C)(=O)=O.CCC1CCCC1c1cccc(F)c1. The average Bonchev–Trinajstić information content (AvgIpc) is 2.86. The van der Waals surface area contributed by atoms with Crippen molar-refractivity contribution in [2.45, 2.75) is 57.6 Å². The molecule has 120 valence electrons. The lowest BCUT2D eigenvalue weighted by Crippen LogP contribution is -2.10. The molecule has 2 rings (SSSR count). The summed E-state index contributed by atoms with van der Waals surface area (Å²) in [7, 11) is -2.74. The maximum Gasteiger partial charge on any atom is 0.149 e. The Morgan fingerprint density at radius 1 is 1.29 bits per heavy atom. The van der Waals surface area contributed by atoms with Crippen LogP contribution < -0.4 is 0 Å². The van der Waals surface area contributed by atoms with Crippen LogP contribution in [0.1, 0.15) is 57.9 Å². The molecule has 0 amide bonds. The van der Waals surface area contributed by atoms with Crippen LogP contribution in [0.5, 0.6) is 0 Å². The van der Waals surface area contributed by atoms with Crippen molar-refractivity contribution in [1.82, 2.24) is 0 Å². The molecule has 1 aliphatic rings. The van der Waals surface area contributed by atoms with E-state index >= 15 is 0 Å². The summed E-state index contributed by atoms with van der Waals surface area (Å²) in [4.78, 5) is 0. The van der Waals surface area contributed by atoms with Gasteiger partial charge in [-0.15, -0.1) is 0 Å². The van der Waals surface area contributed by atoms with Crippen molar-refractivity contribution in [1.29, 1.82) is 0 Å². The van der Waals surface area contributed by atoms with E-state index in [9.17, 15) is 12.8 Å². The van der Waals surface area contributed by atoms with Crippen LogP contribution in [0.4, 0.5) is 4.39 Å². The lowest BCUT2D eigenvalue weighted by atomic mass is 9.87. The molecule has 1 aliphatic carbocycles. The van der Waals surface area contributed by atoms with Crippen LogP contribution >= 0.6 is 0 Å². The van der Waals surface area contributed by atoms with E-state index in [-0.39, 0.29) is 11.1 Å². The van der Waals surface area contributed by atoms with E-state index < -0.39 is 9.84 Å². The summed E-state index contributed by atoms with van der Waals surface area (Å²) in [5, 5.41) is -0.229. The lowest BCUT2D eigenvalue weighted by molar-refractivity contribution is 0.467. The molecule has 0 radical (unpaired) electrons. The highest BCUT2D eigenvalue weighted by Crippen LogP contribution is 2.41. The third kappa shape index (κ3) is 5.77. The van der Waals surface area contributed by atoms with Gasteiger partial charge in [0.2, 0.25) is 0 Å². The molecular formula is C17H27FO2S. The van der Waals surface area contributed by atoms with Gasteiger partial charge in [-0.1, -0.05) is 31.9 Å². The van der Waals surface area contributed by atoms with Crippen molar-refractivity contribution in [3.8, 4) is 0 Å². The molecule has 21 heavy (non-hydrogen) atoms. The molecule has 1 fully saturated rings. The van der Waals surface area contributed by atoms with Gasteiger partial charge in [-0.05, 0) is 56.2 Å². The van der Waals surface area contributed by atoms with E-state index in [1.165, 1.54) is 43.6 Å². The molecule has 0 aromatic heterocycles. The molecule has 0 heterocycles. The Balaban J connectivity index is 0.000000270. The molecule has 0 spiro atoms. The van der Waals surface area contributed by atoms with Crippen LogP contribution in [0.15, 0.2) is 24.3 Å². The Morgan fingerprint density at radius 2 is 1.90 bits per heavy atom. The minimum atomic E-state index is -2.74. The second-order valence-electron chi connectivity index (χ2n) is 6.14. The second-order valence-corrected chi connectivity index (χ2v) is 8.74. The van der Waals surface area contributed by atoms with Gasteiger partial charge in [-0.3, -0.25) is 0 Å². The van der Waals surface area contributed by atoms with E-state index in [0.717, 1.165) is 5.92 Å². The summed E-state index contributed by atoms with van der Waals surface area (Å²) in [6.07, 6.45) is 6.32. The number of benzene rings is 1. The van der Waals surface area contributed by atoms with Gasteiger partial charge in [-0.25, -0.2) is 12.8 Å². The Kier molecular flexibility index (Phi) is 6.85. The van der Waals surface area contributed by atoms with Crippen molar-refractivity contribution in [2.24, 2.45) is 5.92 Å².